The van der Waals surface area contributed by atoms with E-state index in [4.69, 9.17) is 46.4 Å². The zero-order valence-corrected chi connectivity index (χ0v) is 54.4. The predicted molar refractivity (Wildman–Crippen MR) is 340 cm³/mol. The van der Waals surface area contributed by atoms with Gasteiger partial charge in [0.2, 0.25) is 47.8 Å². The molecule has 90 heavy (non-hydrogen) atoms. The molecule has 6 heterocycles. The van der Waals surface area contributed by atoms with Crippen LogP contribution in [0.2, 0.25) is 20.1 Å². The van der Waals surface area contributed by atoms with Gasteiger partial charge >= 0.3 is 0 Å². The fourth-order valence-electron chi connectivity index (χ4n) is 12.5. The molecule has 0 aliphatic carbocycles. The van der Waals surface area contributed by atoms with Crippen LogP contribution in [0.3, 0.4) is 0 Å². The smallest absolute Gasteiger partial charge is 0.246 e. The van der Waals surface area contributed by atoms with Crippen molar-refractivity contribution < 1.29 is 54.6 Å². The summed E-state index contributed by atoms with van der Waals surface area (Å²) in [4.78, 5) is 54.1. The highest BCUT2D eigenvalue weighted by Gasteiger charge is 2.51. The van der Waals surface area contributed by atoms with Crippen molar-refractivity contribution in [3.63, 3.8) is 0 Å². The summed E-state index contributed by atoms with van der Waals surface area (Å²) in [6.07, 6.45) is 2.83. The molecule has 0 atom stereocenters. The zero-order valence-electron chi connectivity index (χ0n) is 48.9. The van der Waals surface area contributed by atoms with E-state index in [1.54, 1.807) is 12.1 Å². The molecule has 478 valence electrons. The largest absolute Gasteiger partial charge is 0.505 e. The molecule has 3 spiro atoms. The van der Waals surface area contributed by atoms with Gasteiger partial charge in [-0.1, -0.05) is 150 Å². The van der Waals surface area contributed by atoms with E-state index in [0.29, 0.717) is 83.4 Å². The average molecular weight is 1370 g/mol. The number of piperidine rings is 3. The third-order valence-corrected chi connectivity index (χ3v) is 24.2. The lowest BCUT2D eigenvalue weighted by molar-refractivity contribution is -0.120. The predicted octanol–water partition coefficient (Wildman–Crippen LogP) is 7.63. The van der Waals surface area contributed by atoms with Crippen molar-refractivity contribution in [2.45, 2.75) is 96.8 Å². The first kappa shape index (κ1) is 66.7. The van der Waals surface area contributed by atoms with Gasteiger partial charge in [0.05, 0.1) is 61.5 Å². The minimum Gasteiger partial charge on any atom is -0.505 e. The Balaban J connectivity index is 0.000000148. The first-order valence-corrected chi connectivity index (χ1v) is 34.8. The second kappa shape index (κ2) is 27.2. The number of hydrogen-bond donors (Lipinski definition) is 5. The normalized spacial score (nSPS) is 19.8. The number of nitrogens with one attached hydrogen (secondary N) is 3. The molecule has 6 aromatic rings. The van der Waals surface area contributed by atoms with Gasteiger partial charge in [0.1, 0.15) is 4.90 Å². The van der Waals surface area contributed by atoms with Crippen molar-refractivity contribution in [2.75, 3.05) is 58.9 Å². The van der Waals surface area contributed by atoms with Crippen LogP contribution in [0.4, 0.5) is 0 Å². The number of rotatable bonds is 13. The number of phenolic OH excluding ortho intramolecular Hbond substituents is 2. The fraction of sp³-hybridized carbons (Fsp3) is 0.355. The summed E-state index contributed by atoms with van der Waals surface area (Å²) < 4.78 is 82.6. The lowest BCUT2D eigenvalue weighted by atomic mass is 9.97. The number of carbonyl (C=O) groups excluding carboxylic acids is 4. The summed E-state index contributed by atoms with van der Waals surface area (Å²) in [5.41, 5.74) is 2.11. The quantitative estimate of drug-likeness (QED) is 0.0696. The van der Waals surface area contributed by atoms with Crippen molar-refractivity contribution >= 4 is 100.0 Å². The number of hydrogen-bond acceptors (Lipinski definition) is 15. The van der Waals surface area contributed by atoms with Crippen LogP contribution < -0.4 is 16.0 Å². The Labute approximate surface area is 543 Å². The SMILES string of the molecule is CC(=O)c1ccc(S(=O)(=O)N2CCC3(CC2)NC(=O)CN3Cc2ccccc2)cc1.O=C1CN(Cc2ccccc2)C2(CCN(S(=O)(=O)c3cc(Cl)c(O)c(Cl)c3)CC2)N1.O=C1CN(Cc2ccccc2)C2(CCN(S(=O)(=O)c3cc(Cl)cc(Cl)c3O)CC2)N1. The molecule has 0 unspecified atom stereocenters. The number of phenols is 2. The van der Waals surface area contributed by atoms with Crippen molar-refractivity contribution in [2.24, 2.45) is 0 Å². The van der Waals surface area contributed by atoms with Gasteiger partial charge in [-0.25, -0.2) is 25.3 Å². The maximum atomic E-state index is 13.1. The molecule has 12 rings (SSSR count). The first-order valence-electron chi connectivity index (χ1n) is 29.0. The van der Waals surface area contributed by atoms with E-state index in [2.05, 4.69) is 30.7 Å². The van der Waals surface area contributed by atoms with Crippen LogP contribution in [0.25, 0.3) is 0 Å². The maximum absolute atomic E-state index is 13.1. The highest BCUT2D eigenvalue weighted by Crippen LogP contribution is 2.41. The highest BCUT2D eigenvalue weighted by molar-refractivity contribution is 7.89. The van der Waals surface area contributed by atoms with Gasteiger partial charge in [-0.05, 0) is 98.5 Å². The van der Waals surface area contributed by atoms with Gasteiger partial charge < -0.3 is 26.2 Å². The lowest BCUT2D eigenvalue weighted by Crippen LogP contribution is -2.58. The number of benzene rings is 6. The number of ketones is 1. The Morgan fingerprint density at radius 3 is 1.11 bits per heavy atom. The molecule has 6 aliphatic rings. The van der Waals surface area contributed by atoms with Gasteiger partial charge in [-0.15, -0.1) is 0 Å². The Morgan fingerprint density at radius 2 is 0.767 bits per heavy atom. The molecule has 0 saturated carbocycles. The second-order valence-corrected chi connectivity index (χ2v) is 30.5. The highest BCUT2D eigenvalue weighted by atomic mass is 35.5. The first-order chi connectivity index (χ1) is 42.7. The van der Waals surface area contributed by atoms with Gasteiger partial charge in [0.15, 0.2) is 17.3 Å². The van der Waals surface area contributed by atoms with Crippen LogP contribution in [0.1, 0.15) is 72.5 Å². The van der Waals surface area contributed by atoms with Crippen molar-refractivity contribution in [3.05, 3.63) is 182 Å². The lowest BCUT2D eigenvalue weighted by Gasteiger charge is -2.43. The molecule has 6 aromatic carbocycles. The third kappa shape index (κ3) is 14.4. The van der Waals surface area contributed by atoms with E-state index in [1.807, 2.05) is 91.0 Å². The van der Waals surface area contributed by atoms with E-state index in [-0.39, 0.29) is 103 Å². The maximum Gasteiger partial charge on any atom is 0.246 e. The fourth-order valence-corrected chi connectivity index (χ4v) is 18.2. The summed E-state index contributed by atoms with van der Waals surface area (Å²) in [6, 6.07) is 40.6. The third-order valence-electron chi connectivity index (χ3n) is 17.4. The number of aromatic hydroxyl groups is 2. The Morgan fingerprint density at radius 1 is 0.444 bits per heavy atom. The van der Waals surface area contributed by atoms with Crippen molar-refractivity contribution in [1.29, 1.82) is 0 Å². The van der Waals surface area contributed by atoms with Crippen molar-refractivity contribution in [1.82, 2.24) is 43.6 Å². The van der Waals surface area contributed by atoms with Crippen molar-refractivity contribution in [3.8, 4) is 11.5 Å². The summed E-state index contributed by atoms with van der Waals surface area (Å²) >= 11 is 23.7. The molecule has 28 heteroatoms. The van der Waals surface area contributed by atoms with Gasteiger partial charge in [-0.2, -0.15) is 12.9 Å². The van der Waals surface area contributed by atoms with Gasteiger partial charge in [0, 0.05) is 69.5 Å². The van der Waals surface area contributed by atoms with Crippen LogP contribution in [0.5, 0.6) is 11.5 Å². The topological polar surface area (TPSA) is 267 Å². The van der Waals surface area contributed by atoms with E-state index in [9.17, 15) is 54.6 Å². The monoisotopic (exact) mass is 1370 g/mol. The van der Waals surface area contributed by atoms with Crippen LogP contribution in [-0.4, -0.2) is 162 Å². The van der Waals surface area contributed by atoms with E-state index >= 15 is 0 Å². The number of halogens is 4. The number of nitrogens with zero attached hydrogens (tertiary/aromatic N) is 6. The molecule has 5 N–H and O–H groups in total. The number of amides is 3. The summed E-state index contributed by atoms with van der Waals surface area (Å²) in [6.45, 7) is 5.66. The number of sulfonamides is 3. The molecule has 0 radical (unpaired) electrons. The molecular formula is C62H67Cl4N9O12S3. The van der Waals surface area contributed by atoms with Gasteiger partial charge in [0.25, 0.3) is 0 Å². The second-order valence-electron chi connectivity index (χ2n) is 23.0. The molecule has 0 aromatic heterocycles. The van der Waals surface area contributed by atoms with Gasteiger partial charge in [-0.3, -0.25) is 33.9 Å². The molecule has 21 nitrogen and oxygen atoms in total. The van der Waals surface area contributed by atoms with E-state index in [1.165, 1.54) is 56.2 Å². The molecule has 6 saturated heterocycles. The van der Waals surface area contributed by atoms with Crippen LogP contribution in [0, 0.1) is 0 Å². The van der Waals surface area contributed by atoms with Crippen LogP contribution in [0.15, 0.2) is 154 Å². The Kier molecular flexibility index (Phi) is 20.1. The Bertz CT molecular complexity index is 3990. The summed E-state index contributed by atoms with van der Waals surface area (Å²) in [5.74, 6) is -1.11. The minimum absolute atomic E-state index is 0.0259. The molecule has 6 fully saturated rings. The molecule has 3 amide bonds. The molecular weight excluding hydrogens is 1300 g/mol. The number of carbonyl (C=O) groups is 4. The van der Waals surface area contributed by atoms with Crippen LogP contribution in [-0.2, 0) is 64.1 Å². The molecule has 0 bridgehead atoms. The minimum atomic E-state index is -3.99. The van der Waals surface area contributed by atoms with E-state index < -0.39 is 52.8 Å². The Hall–Kier alpha value is -6.23. The standard InChI is InChI=1S/C22H25N3O4S.2C20H21Cl2N3O4S/c1-17(26)19-7-9-20(10-8-19)30(28,29)25-13-11-22(12-14-25)23-21(27)16-24(22)15-18-5-3-2-4-6-18;21-16-10-15(11-17(22)19(16)27)30(28,29)25-8-6-20(7-9-25)23-18(26)13-24(20)12-14-4-2-1-3-5-14;21-15-10-16(22)19(27)17(11-15)30(28,29)25-8-6-20(7-9-25)23-18(26)13-24(20)12-14-4-2-1-3-5-14/h2-10H,11-16H2,1H3,(H,23,27);2*1-5,10-11,27H,6-9,12-13H2,(H,23,26). The zero-order chi connectivity index (χ0) is 64.4. The summed E-state index contributed by atoms with van der Waals surface area (Å²) in [7, 11) is -11.5. The molecule has 6 aliphatic heterocycles. The van der Waals surface area contributed by atoms with Crippen LogP contribution >= 0.6 is 46.4 Å². The number of Topliss-reactive ketones (excluding diaryl/α,β-unsaturated/α-hetero) is 1. The van der Waals surface area contributed by atoms with E-state index in [0.717, 1.165) is 16.7 Å². The summed E-state index contributed by atoms with van der Waals surface area (Å²) in [5, 5.41) is 28.9. The average Bonchev–Trinajstić information content (AvgIpc) is 1.48.